The third kappa shape index (κ3) is 1.50. The molecule has 1 aliphatic carbocycles. The Morgan fingerprint density at radius 1 is 1.38 bits per heavy atom. The summed E-state index contributed by atoms with van der Waals surface area (Å²) in [6.07, 6.45) is 3.85. The third-order valence-corrected chi connectivity index (χ3v) is 4.33. The maximum absolute atomic E-state index is 9.43. The fourth-order valence-electron chi connectivity index (χ4n) is 3.01. The van der Waals surface area contributed by atoms with Crippen molar-refractivity contribution in [2.24, 2.45) is 17.3 Å². The first-order chi connectivity index (χ1) is 6.19. The fourth-order valence-corrected chi connectivity index (χ4v) is 3.01. The Hall–Kier alpha value is -0.0800. The molecule has 13 heavy (non-hydrogen) atoms. The molecule has 2 rings (SSSR count). The van der Waals surface area contributed by atoms with Crippen molar-refractivity contribution < 1.29 is 5.11 Å². The van der Waals surface area contributed by atoms with Crippen molar-refractivity contribution in [1.29, 1.82) is 0 Å². The van der Waals surface area contributed by atoms with Crippen molar-refractivity contribution in [3.63, 3.8) is 0 Å². The van der Waals surface area contributed by atoms with Gasteiger partial charge in [0.05, 0.1) is 0 Å². The van der Waals surface area contributed by atoms with Gasteiger partial charge in [-0.15, -0.1) is 0 Å². The Morgan fingerprint density at radius 2 is 1.92 bits per heavy atom. The SMILES string of the molecule is CC1CC1(CO)C1CCN(C)CC1. The number of piperidine rings is 1. The number of hydrogen-bond acceptors (Lipinski definition) is 2. The predicted molar refractivity (Wildman–Crippen MR) is 53.5 cm³/mol. The maximum Gasteiger partial charge on any atom is 0.0492 e. The van der Waals surface area contributed by atoms with Gasteiger partial charge in [0.1, 0.15) is 0 Å². The number of rotatable bonds is 2. The van der Waals surface area contributed by atoms with Gasteiger partial charge in [0.2, 0.25) is 0 Å². The van der Waals surface area contributed by atoms with Crippen molar-refractivity contribution in [2.45, 2.75) is 26.2 Å². The molecule has 1 aliphatic heterocycles. The Morgan fingerprint density at radius 3 is 2.31 bits per heavy atom. The van der Waals surface area contributed by atoms with E-state index in [0.717, 1.165) is 11.8 Å². The summed E-state index contributed by atoms with van der Waals surface area (Å²) in [6, 6.07) is 0. The van der Waals surface area contributed by atoms with E-state index in [1.54, 1.807) is 0 Å². The van der Waals surface area contributed by atoms with Gasteiger partial charge in [-0.1, -0.05) is 6.92 Å². The second-order valence-electron chi connectivity index (χ2n) is 5.07. The first-order valence-corrected chi connectivity index (χ1v) is 5.48. The highest BCUT2D eigenvalue weighted by Gasteiger charge is 2.55. The molecule has 2 aliphatic rings. The molecule has 0 amide bonds. The molecule has 0 aromatic heterocycles. The van der Waals surface area contributed by atoms with Crippen molar-refractivity contribution in [1.82, 2.24) is 4.90 Å². The minimum Gasteiger partial charge on any atom is -0.396 e. The Balaban J connectivity index is 1.94. The van der Waals surface area contributed by atoms with Crippen LogP contribution in [-0.2, 0) is 0 Å². The summed E-state index contributed by atoms with van der Waals surface area (Å²) in [5, 5.41) is 9.43. The second-order valence-corrected chi connectivity index (χ2v) is 5.07. The predicted octanol–water partition coefficient (Wildman–Crippen LogP) is 1.35. The van der Waals surface area contributed by atoms with E-state index in [1.165, 1.54) is 32.4 Å². The van der Waals surface area contributed by atoms with E-state index >= 15 is 0 Å². The topological polar surface area (TPSA) is 23.5 Å². The van der Waals surface area contributed by atoms with Gasteiger partial charge < -0.3 is 10.0 Å². The summed E-state index contributed by atoms with van der Waals surface area (Å²) in [5.74, 6) is 1.56. The van der Waals surface area contributed by atoms with E-state index in [1.807, 2.05) is 0 Å². The van der Waals surface area contributed by atoms with Gasteiger partial charge in [-0.25, -0.2) is 0 Å². The quantitative estimate of drug-likeness (QED) is 0.698. The van der Waals surface area contributed by atoms with Crippen LogP contribution in [0.5, 0.6) is 0 Å². The largest absolute Gasteiger partial charge is 0.396 e. The van der Waals surface area contributed by atoms with E-state index in [2.05, 4.69) is 18.9 Å². The molecule has 0 aromatic rings. The molecular weight excluding hydrogens is 162 g/mol. The molecule has 2 nitrogen and oxygen atoms in total. The van der Waals surface area contributed by atoms with Crippen molar-refractivity contribution in [3.05, 3.63) is 0 Å². The third-order valence-electron chi connectivity index (χ3n) is 4.33. The van der Waals surface area contributed by atoms with Crippen LogP contribution in [0.1, 0.15) is 26.2 Å². The van der Waals surface area contributed by atoms with E-state index in [0.29, 0.717) is 12.0 Å². The van der Waals surface area contributed by atoms with Gasteiger partial charge >= 0.3 is 0 Å². The molecule has 2 heteroatoms. The van der Waals surface area contributed by atoms with E-state index in [4.69, 9.17) is 0 Å². The normalized spacial score (nSPS) is 42.2. The first-order valence-electron chi connectivity index (χ1n) is 5.48. The summed E-state index contributed by atoms with van der Waals surface area (Å²) in [4.78, 5) is 2.40. The van der Waals surface area contributed by atoms with E-state index < -0.39 is 0 Å². The molecule has 0 bridgehead atoms. The average Bonchev–Trinajstić information content (AvgIpc) is 2.79. The first kappa shape index (κ1) is 9.47. The highest BCUT2D eigenvalue weighted by molar-refractivity contribution is 5.04. The maximum atomic E-state index is 9.43. The lowest BCUT2D eigenvalue weighted by Crippen LogP contribution is -2.35. The summed E-state index contributed by atoms with van der Waals surface area (Å²) >= 11 is 0. The molecular formula is C11H21NO. The number of aliphatic hydroxyl groups excluding tert-OH is 1. The number of hydrogen-bond donors (Lipinski definition) is 1. The second kappa shape index (κ2) is 3.25. The molecule has 2 fully saturated rings. The molecule has 1 saturated heterocycles. The lowest BCUT2D eigenvalue weighted by molar-refractivity contribution is 0.0925. The molecule has 2 atom stereocenters. The lowest BCUT2D eigenvalue weighted by atomic mass is 9.80. The molecule has 0 radical (unpaired) electrons. The minimum absolute atomic E-state index is 0.335. The molecule has 1 saturated carbocycles. The van der Waals surface area contributed by atoms with Crippen molar-refractivity contribution in [2.75, 3.05) is 26.7 Å². The lowest BCUT2D eigenvalue weighted by Gasteiger charge is -2.34. The standard InChI is InChI=1S/C11H21NO/c1-9-7-11(9,8-13)10-3-5-12(2)6-4-10/h9-10,13H,3-8H2,1-2H3. The van der Waals surface area contributed by atoms with Crippen LogP contribution in [-0.4, -0.2) is 36.8 Å². The van der Waals surface area contributed by atoms with Crippen LogP contribution in [0, 0.1) is 17.3 Å². The zero-order chi connectivity index (χ0) is 9.47. The summed E-state index contributed by atoms with van der Waals surface area (Å²) in [6.45, 7) is 5.15. The molecule has 0 spiro atoms. The molecule has 1 N–H and O–H groups in total. The van der Waals surface area contributed by atoms with Crippen molar-refractivity contribution in [3.8, 4) is 0 Å². The summed E-state index contributed by atoms with van der Waals surface area (Å²) < 4.78 is 0. The van der Waals surface area contributed by atoms with Gasteiger partial charge in [-0.2, -0.15) is 0 Å². The number of nitrogens with zero attached hydrogens (tertiary/aromatic N) is 1. The van der Waals surface area contributed by atoms with Crippen LogP contribution in [0.4, 0.5) is 0 Å². The molecule has 1 heterocycles. The van der Waals surface area contributed by atoms with Crippen LogP contribution in [0.15, 0.2) is 0 Å². The van der Waals surface area contributed by atoms with Gasteiger partial charge in [0, 0.05) is 6.61 Å². The van der Waals surface area contributed by atoms with Crippen molar-refractivity contribution >= 4 is 0 Å². The Labute approximate surface area is 80.9 Å². The molecule has 2 unspecified atom stereocenters. The molecule has 0 aromatic carbocycles. The minimum atomic E-state index is 0.335. The Kier molecular flexibility index (Phi) is 2.37. The van der Waals surface area contributed by atoms with Gasteiger partial charge in [0.25, 0.3) is 0 Å². The zero-order valence-electron chi connectivity index (χ0n) is 8.79. The highest BCUT2D eigenvalue weighted by atomic mass is 16.3. The van der Waals surface area contributed by atoms with Gasteiger partial charge in [-0.05, 0) is 56.7 Å². The van der Waals surface area contributed by atoms with Crippen LogP contribution in [0.2, 0.25) is 0 Å². The average molecular weight is 183 g/mol. The molecule has 76 valence electrons. The van der Waals surface area contributed by atoms with E-state index in [9.17, 15) is 5.11 Å². The Bertz CT molecular complexity index is 183. The summed E-state index contributed by atoms with van der Waals surface area (Å²) in [5.41, 5.74) is 0.335. The zero-order valence-corrected chi connectivity index (χ0v) is 8.79. The number of aliphatic hydroxyl groups is 1. The van der Waals surface area contributed by atoms with Crippen LogP contribution < -0.4 is 0 Å². The van der Waals surface area contributed by atoms with E-state index in [-0.39, 0.29) is 0 Å². The fraction of sp³-hybridized carbons (Fsp3) is 1.00. The summed E-state index contributed by atoms with van der Waals surface area (Å²) in [7, 11) is 2.19. The number of likely N-dealkylation sites (tertiary alicyclic amines) is 1. The van der Waals surface area contributed by atoms with Gasteiger partial charge in [-0.3, -0.25) is 0 Å². The van der Waals surface area contributed by atoms with Crippen LogP contribution in [0.25, 0.3) is 0 Å². The smallest absolute Gasteiger partial charge is 0.0492 e. The monoisotopic (exact) mass is 183 g/mol. The van der Waals surface area contributed by atoms with Gasteiger partial charge in [0.15, 0.2) is 0 Å². The van der Waals surface area contributed by atoms with Crippen LogP contribution >= 0.6 is 0 Å². The van der Waals surface area contributed by atoms with Crippen LogP contribution in [0.3, 0.4) is 0 Å². The highest BCUT2D eigenvalue weighted by Crippen LogP contribution is 2.59.